The maximum absolute atomic E-state index is 11.0. The molecule has 0 aliphatic rings. The average Bonchev–Trinajstić information content (AvgIpc) is 2.10. The fourth-order valence-corrected chi connectivity index (χ4v) is 3.25. The van der Waals surface area contributed by atoms with Gasteiger partial charge in [0, 0.05) is 4.92 Å². The second-order valence-corrected chi connectivity index (χ2v) is 6.83. The van der Waals surface area contributed by atoms with Gasteiger partial charge in [0.15, 0.2) is 0 Å². The van der Waals surface area contributed by atoms with E-state index in [4.69, 9.17) is 19.6 Å². The molecule has 17 heteroatoms. The normalized spacial score (nSPS) is 14.6. The third-order valence-electron chi connectivity index (χ3n) is 2.08. The van der Waals surface area contributed by atoms with Crippen molar-refractivity contribution in [2.45, 2.75) is 11.4 Å². The molecular formula is C3H7N3O12P2. The maximum Gasteiger partial charge on any atom is 0.616 e. The summed E-state index contributed by atoms with van der Waals surface area (Å²) in [4.78, 5) is 60.2. The summed E-state index contributed by atoms with van der Waals surface area (Å²) in [6.07, 6.45) is -2.09. The van der Waals surface area contributed by atoms with Gasteiger partial charge < -0.3 is 19.6 Å². The highest BCUT2D eigenvalue weighted by Gasteiger charge is 2.83. The third-order valence-corrected chi connectivity index (χ3v) is 4.38. The van der Waals surface area contributed by atoms with Gasteiger partial charge in [-0.1, -0.05) is 0 Å². The molecule has 1 atom stereocenters. The molecule has 15 nitrogen and oxygen atoms in total. The molecule has 20 heavy (non-hydrogen) atoms. The lowest BCUT2D eigenvalue weighted by molar-refractivity contribution is -0.805. The van der Waals surface area contributed by atoms with Crippen LogP contribution in [0.15, 0.2) is 0 Å². The van der Waals surface area contributed by atoms with Crippen LogP contribution in [0.25, 0.3) is 0 Å². The Balaban J connectivity index is 6.41. The van der Waals surface area contributed by atoms with E-state index < -0.39 is 47.6 Å². The summed E-state index contributed by atoms with van der Waals surface area (Å²) in [6.45, 7) is 0. The quantitative estimate of drug-likeness (QED) is 0.173. The van der Waals surface area contributed by atoms with Gasteiger partial charge in [0.25, 0.3) is 0 Å². The molecule has 0 aliphatic heterocycles. The van der Waals surface area contributed by atoms with Crippen molar-refractivity contribution < 1.29 is 43.5 Å². The maximum atomic E-state index is 11.0. The van der Waals surface area contributed by atoms with Crippen LogP contribution in [-0.2, 0) is 9.13 Å². The summed E-state index contributed by atoms with van der Waals surface area (Å²) in [6, 6.07) is -3.44. The second-order valence-electron chi connectivity index (χ2n) is 3.39. The van der Waals surface area contributed by atoms with Crippen LogP contribution in [0, 0.1) is 30.3 Å². The molecule has 0 aromatic heterocycles. The SMILES string of the molecule is O=[N+]([O-])C(CP(=O)(O)O)C([N+](=O)[O-])([N+](=O)[O-])P(=O)(O)O. The Hall–Kier alpha value is -1.50. The standard InChI is InChI=1S/C3H7N3O12P2/c7-4(8)2(1-19(13,14)15)3(5(9)10,6(11)12)20(16,17)18/h2H,1H2,(H2,13,14,15)(H2,16,17,18). The van der Waals surface area contributed by atoms with Crippen molar-refractivity contribution in [2.24, 2.45) is 0 Å². The lowest BCUT2D eigenvalue weighted by Crippen LogP contribution is -2.59. The summed E-state index contributed by atoms with van der Waals surface area (Å²) in [5, 5.41) is 27.2. The van der Waals surface area contributed by atoms with Gasteiger partial charge >= 0.3 is 26.6 Å². The van der Waals surface area contributed by atoms with Gasteiger partial charge in [-0.25, -0.2) is 4.57 Å². The number of hydrogen-bond acceptors (Lipinski definition) is 8. The monoisotopic (exact) mass is 339 g/mol. The van der Waals surface area contributed by atoms with Crippen LogP contribution < -0.4 is 0 Å². The van der Waals surface area contributed by atoms with Crippen molar-refractivity contribution in [3.05, 3.63) is 30.3 Å². The molecule has 0 fully saturated rings. The van der Waals surface area contributed by atoms with Gasteiger partial charge in [-0.05, 0) is 0 Å². The van der Waals surface area contributed by atoms with E-state index in [1.54, 1.807) is 0 Å². The smallest absolute Gasteiger partial charge is 0.324 e. The molecule has 0 aliphatic carbocycles. The fourth-order valence-electron chi connectivity index (χ4n) is 1.27. The number of rotatable bonds is 7. The highest BCUT2D eigenvalue weighted by molar-refractivity contribution is 7.53. The van der Waals surface area contributed by atoms with Crippen LogP contribution in [0.3, 0.4) is 0 Å². The van der Waals surface area contributed by atoms with Crippen LogP contribution in [0.2, 0.25) is 0 Å². The van der Waals surface area contributed by atoms with Crippen LogP contribution in [0.5, 0.6) is 0 Å². The molecule has 0 rings (SSSR count). The van der Waals surface area contributed by atoms with E-state index >= 15 is 0 Å². The van der Waals surface area contributed by atoms with Crippen LogP contribution in [-0.4, -0.2) is 52.0 Å². The Labute approximate surface area is 108 Å². The first-order chi connectivity index (χ1) is 8.68. The molecule has 1 unspecified atom stereocenters. The molecule has 4 N–H and O–H groups in total. The molecule has 0 heterocycles. The predicted molar refractivity (Wildman–Crippen MR) is 56.5 cm³/mol. The van der Waals surface area contributed by atoms with E-state index in [9.17, 15) is 39.5 Å². The Morgan fingerprint density at radius 1 is 0.950 bits per heavy atom. The highest BCUT2D eigenvalue weighted by atomic mass is 31.2. The van der Waals surface area contributed by atoms with Crippen LogP contribution in [0.1, 0.15) is 0 Å². The van der Waals surface area contributed by atoms with Gasteiger partial charge in [-0.2, -0.15) is 0 Å². The average molecular weight is 339 g/mol. The summed E-state index contributed by atoms with van der Waals surface area (Å²) in [7, 11) is -11.8. The fraction of sp³-hybridized carbons (Fsp3) is 1.00. The minimum absolute atomic E-state index is 1.89. The Morgan fingerprint density at radius 3 is 1.45 bits per heavy atom. The first kappa shape index (κ1) is 18.5. The van der Waals surface area contributed by atoms with Gasteiger partial charge in [0.1, 0.15) is 16.0 Å². The summed E-state index contributed by atoms with van der Waals surface area (Å²) in [5.41, 5.74) is 0. The van der Waals surface area contributed by atoms with Crippen molar-refractivity contribution in [1.82, 2.24) is 0 Å². The van der Waals surface area contributed by atoms with E-state index in [-0.39, 0.29) is 0 Å². The van der Waals surface area contributed by atoms with E-state index in [1.165, 1.54) is 0 Å². The zero-order valence-corrected chi connectivity index (χ0v) is 10.9. The topological polar surface area (TPSA) is 244 Å². The lowest BCUT2D eigenvalue weighted by atomic mass is 10.3. The predicted octanol–water partition coefficient (Wildman–Crippen LogP) is -1.81. The summed E-state index contributed by atoms with van der Waals surface area (Å²) in [5.74, 6) is 0. The minimum Gasteiger partial charge on any atom is -0.324 e. The number of hydrogen-bond donors (Lipinski definition) is 4. The van der Waals surface area contributed by atoms with Crippen molar-refractivity contribution >= 4 is 15.2 Å². The first-order valence-corrected chi connectivity index (χ1v) is 7.61. The largest absolute Gasteiger partial charge is 0.616 e. The molecule has 0 aromatic carbocycles. The molecule has 0 amide bonds. The van der Waals surface area contributed by atoms with E-state index in [0.29, 0.717) is 0 Å². The lowest BCUT2D eigenvalue weighted by Gasteiger charge is -2.20. The molecule has 0 saturated carbocycles. The van der Waals surface area contributed by atoms with Crippen molar-refractivity contribution in [3.8, 4) is 0 Å². The number of nitro groups is 3. The molecule has 116 valence electrons. The molecular weight excluding hydrogens is 332 g/mol. The van der Waals surface area contributed by atoms with Crippen molar-refractivity contribution in [2.75, 3.05) is 6.16 Å². The molecule has 0 saturated heterocycles. The van der Waals surface area contributed by atoms with Gasteiger partial charge in [0.2, 0.25) is 0 Å². The van der Waals surface area contributed by atoms with E-state index in [1.807, 2.05) is 0 Å². The van der Waals surface area contributed by atoms with Gasteiger partial charge in [-0.3, -0.25) is 34.9 Å². The molecule has 0 spiro atoms. The Kier molecular flexibility index (Phi) is 5.06. The molecule has 0 radical (unpaired) electrons. The summed E-state index contributed by atoms with van der Waals surface area (Å²) < 4.78 is 21.7. The van der Waals surface area contributed by atoms with Gasteiger partial charge in [-0.15, -0.1) is 0 Å². The number of nitrogens with zero attached hydrogens (tertiary/aromatic N) is 3. The highest BCUT2D eigenvalue weighted by Crippen LogP contribution is 2.55. The molecule has 0 bridgehead atoms. The third kappa shape index (κ3) is 3.33. The summed E-state index contributed by atoms with van der Waals surface area (Å²) >= 11 is 0. The van der Waals surface area contributed by atoms with Gasteiger partial charge in [0.05, 0.1) is 0 Å². The van der Waals surface area contributed by atoms with Crippen LogP contribution >= 0.6 is 15.2 Å². The minimum atomic E-state index is -6.40. The van der Waals surface area contributed by atoms with Crippen molar-refractivity contribution in [3.63, 3.8) is 0 Å². The Bertz CT molecular complexity index is 516. The van der Waals surface area contributed by atoms with E-state index in [2.05, 4.69) is 0 Å². The van der Waals surface area contributed by atoms with Crippen molar-refractivity contribution in [1.29, 1.82) is 0 Å². The first-order valence-electron chi connectivity index (χ1n) is 4.20. The second kappa shape index (κ2) is 5.47. The Morgan fingerprint density at radius 2 is 1.30 bits per heavy atom. The zero-order chi connectivity index (χ0) is 16.5. The van der Waals surface area contributed by atoms with E-state index in [0.717, 1.165) is 0 Å². The van der Waals surface area contributed by atoms with Crippen LogP contribution in [0.4, 0.5) is 0 Å². The molecule has 0 aromatic rings. The zero-order valence-electron chi connectivity index (χ0n) is 9.08.